The largest absolute Gasteiger partial charge is 0.478 e. The van der Waals surface area contributed by atoms with Gasteiger partial charge in [0.05, 0.1) is 22.6 Å². The Morgan fingerprint density at radius 1 is 1.50 bits per heavy atom. The number of carboxylic acid groups (broad SMARTS) is 1. The Morgan fingerprint density at radius 3 is 2.67 bits per heavy atom. The summed E-state index contributed by atoms with van der Waals surface area (Å²) in [4.78, 5) is 14.6. The zero-order valence-electron chi connectivity index (χ0n) is 9.88. The van der Waals surface area contributed by atoms with Crippen LogP contribution in [0.3, 0.4) is 0 Å². The van der Waals surface area contributed by atoms with E-state index in [4.69, 9.17) is 5.11 Å². The average Bonchev–Trinajstić information content (AvgIpc) is 2.53. The zero-order valence-corrected chi connectivity index (χ0v) is 10.7. The van der Waals surface area contributed by atoms with E-state index in [2.05, 4.69) is 10.3 Å². The number of rotatable bonds is 3. The second kappa shape index (κ2) is 4.24. The van der Waals surface area contributed by atoms with Crippen LogP contribution in [0.4, 0.5) is 5.82 Å². The fourth-order valence-electron chi connectivity index (χ4n) is 2.01. The first-order chi connectivity index (χ1) is 8.30. The monoisotopic (exact) mass is 270 g/mol. The molecule has 1 aliphatic rings. The number of nitrogens with one attached hydrogen (secondary N) is 1. The van der Waals surface area contributed by atoms with E-state index >= 15 is 0 Å². The molecule has 1 fully saturated rings. The molecule has 0 aliphatic carbocycles. The summed E-state index contributed by atoms with van der Waals surface area (Å²) < 4.78 is 22.9. The van der Waals surface area contributed by atoms with Gasteiger partial charge in [0, 0.05) is 6.20 Å². The van der Waals surface area contributed by atoms with E-state index in [1.165, 1.54) is 12.3 Å². The molecule has 1 aliphatic heterocycles. The summed E-state index contributed by atoms with van der Waals surface area (Å²) in [6, 6.07) is 2.98. The minimum absolute atomic E-state index is 0.0718. The number of sulfone groups is 1. The standard InChI is InChI=1S/C11H14N2O4S/c1-11(4-5-18(16,17)7-11)13-9-3-2-8(6-12-9)10(14)15/h2-3,6H,4-5,7H2,1H3,(H,12,13)(H,14,15). The lowest BCUT2D eigenvalue weighted by Crippen LogP contribution is -2.36. The molecule has 0 bridgehead atoms. The number of carboxylic acids is 1. The molecular formula is C11H14N2O4S. The molecule has 1 saturated heterocycles. The van der Waals surface area contributed by atoms with Gasteiger partial charge in [-0.3, -0.25) is 0 Å². The van der Waals surface area contributed by atoms with Crippen molar-refractivity contribution in [3.8, 4) is 0 Å². The average molecular weight is 270 g/mol. The van der Waals surface area contributed by atoms with Crippen LogP contribution in [0.2, 0.25) is 0 Å². The summed E-state index contributed by atoms with van der Waals surface area (Å²) in [5, 5.41) is 11.8. The van der Waals surface area contributed by atoms with Crippen molar-refractivity contribution in [1.82, 2.24) is 4.98 Å². The number of anilines is 1. The van der Waals surface area contributed by atoms with Gasteiger partial charge in [-0.15, -0.1) is 0 Å². The maximum atomic E-state index is 11.4. The van der Waals surface area contributed by atoms with Gasteiger partial charge in [0.15, 0.2) is 9.84 Å². The normalized spacial score (nSPS) is 25.8. The second-order valence-corrected chi connectivity index (χ2v) is 6.95. The Bertz CT molecular complexity index is 567. The van der Waals surface area contributed by atoms with Gasteiger partial charge in [0.1, 0.15) is 5.82 Å². The predicted molar refractivity (Wildman–Crippen MR) is 66.5 cm³/mol. The van der Waals surface area contributed by atoms with E-state index in [1.54, 1.807) is 6.07 Å². The third-order valence-electron chi connectivity index (χ3n) is 2.94. The second-order valence-electron chi connectivity index (χ2n) is 4.76. The van der Waals surface area contributed by atoms with Crippen LogP contribution in [0, 0.1) is 0 Å². The first-order valence-electron chi connectivity index (χ1n) is 5.48. The van der Waals surface area contributed by atoms with Crippen LogP contribution in [0.1, 0.15) is 23.7 Å². The Kier molecular flexibility index (Phi) is 3.02. The summed E-state index contributed by atoms with van der Waals surface area (Å²) in [6.07, 6.45) is 1.77. The van der Waals surface area contributed by atoms with E-state index in [0.717, 1.165) is 0 Å². The van der Waals surface area contributed by atoms with E-state index in [9.17, 15) is 13.2 Å². The van der Waals surface area contributed by atoms with Crippen molar-refractivity contribution in [3.63, 3.8) is 0 Å². The molecule has 0 radical (unpaired) electrons. The quantitative estimate of drug-likeness (QED) is 0.842. The number of nitrogens with zero attached hydrogens (tertiary/aromatic N) is 1. The maximum absolute atomic E-state index is 11.4. The van der Waals surface area contributed by atoms with Gasteiger partial charge >= 0.3 is 5.97 Å². The van der Waals surface area contributed by atoms with Gasteiger partial charge in [-0.05, 0) is 25.5 Å². The summed E-state index contributed by atoms with van der Waals surface area (Å²) >= 11 is 0. The third kappa shape index (κ3) is 2.79. The fraction of sp³-hybridized carbons (Fsp3) is 0.455. The molecule has 18 heavy (non-hydrogen) atoms. The SMILES string of the molecule is CC1(Nc2ccc(C(=O)O)cn2)CCS(=O)(=O)C1. The molecule has 0 amide bonds. The molecule has 0 spiro atoms. The van der Waals surface area contributed by atoms with Crippen LogP contribution in [0.15, 0.2) is 18.3 Å². The lowest BCUT2D eigenvalue weighted by atomic mass is 10.0. The Labute approximate surface area is 105 Å². The molecule has 0 saturated carbocycles. The zero-order chi connectivity index (χ0) is 13.4. The molecular weight excluding hydrogens is 256 g/mol. The minimum atomic E-state index is -2.98. The number of pyridine rings is 1. The summed E-state index contributed by atoms with van der Waals surface area (Å²) in [5.74, 6) is -0.310. The van der Waals surface area contributed by atoms with Gasteiger partial charge < -0.3 is 10.4 Å². The van der Waals surface area contributed by atoms with Crippen LogP contribution in [0.25, 0.3) is 0 Å². The molecule has 1 unspecified atom stereocenters. The van der Waals surface area contributed by atoms with Crippen molar-refractivity contribution < 1.29 is 18.3 Å². The lowest BCUT2D eigenvalue weighted by molar-refractivity contribution is 0.0696. The molecule has 0 aromatic carbocycles. The number of aromatic nitrogens is 1. The van der Waals surface area contributed by atoms with Crippen LogP contribution in [-0.2, 0) is 9.84 Å². The van der Waals surface area contributed by atoms with Crippen molar-refractivity contribution in [2.75, 3.05) is 16.8 Å². The van der Waals surface area contributed by atoms with Gasteiger partial charge in [-0.2, -0.15) is 0 Å². The highest BCUT2D eigenvalue weighted by molar-refractivity contribution is 7.91. The van der Waals surface area contributed by atoms with E-state index in [1.807, 2.05) is 6.92 Å². The molecule has 6 nitrogen and oxygen atoms in total. The van der Waals surface area contributed by atoms with Gasteiger partial charge in [-0.25, -0.2) is 18.2 Å². The molecule has 1 aromatic rings. The maximum Gasteiger partial charge on any atom is 0.337 e. The first-order valence-corrected chi connectivity index (χ1v) is 7.30. The molecule has 1 atom stereocenters. The molecule has 98 valence electrons. The van der Waals surface area contributed by atoms with Crippen LogP contribution >= 0.6 is 0 Å². The molecule has 2 N–H and O–H groups in total. The number of carbonyl (C=O) groups is 1. The first kappa shape index (κ1) is 12.8. The summed E-state index contributed by atoms with van der Waals surface area (Å²) in [6.45, 7) is 1.82. The van der Waals surface area contributed by atoms with E-state index < -0.39 is 21.3 Å². The van der Waals surface area contributed by atoms with Gasteiger partial charge in [0.2, 0.25) is 0 Å². The Balaban J connectivity index is 2.13. The highest BCUT2D eigenvalue weighted by atomic mass is 32.2. The molecule has 2 heterocycles. The minimum Gasteiger partial charge on any atom is -0.478 e. The molecule has 2 rings (SSSR count). The summed E-state index contributed by atoms with van der Waals surface area (Å²) in [5.41, 5.74) is -0.430. The highest BCUT2D eigenvalue weighted by Crippen LogP contribution is 2.26. The Hall–Kier alpha value is -1.63. The van der Waals surface area contributed by atoms with Gasteiger partial charge in [0.25, 0.3) is 0 Å². The van der Waals surface area contributed by atoms with Crippen molar-refractivity contribution in [2.45, 2.75) is 18.9 Å². The molecule has 1 aromatic heterocycles. The van der Waals surface area contributed by atoms with Crippen LogP contribution in [0.5, 0.6) is 0 Å². The number of hydrogen-bond acceptors (Lipinski definition) is 5. The predicted octanol–water partition coefficient (Wildman–Crippen LogP) is 0.769. The van der Waals surface area contributed by atoms with Crippen molar-refractivity contribution in [2.24, 2.45) is 0 Å². The number of aromatic carboxylic acids is 1. The topological polar surface area (TPSA) is 96.4 Å². The van der Waals surface area contributed by atoms with E-state index in [0.29, 0.717) is 12.2 Å². The third-order valence-corrected chi connectivity index (χ3v) is 4.85. The highest BCUT2D eigenvalue weighted by Gasteiger charge is 2.38. The fourth-order valence-corrected chi connectivity index (χ4v) is 4.11. The number of hydrogen-bond donors (Lipinski definition) is 2. The van der Waals surface area contributed by atoms with Crippen LogP contribution < -0.4 is 5.32 Å². The van der Waals surface area contributed by atoms with Gasteiger partial charge in [-0.1, -0.05) is 0 Å². The Morgan fingerprint density at radius 2 is 2.22 bits per heavy atom. The van der Waals surface area contributed by atoms with Crippen molar-refractivity contribution in [1.29, 1.82) is 0 Å². The van der Waals surface area contributed by atoms with Crippen molar-refractivity contribution >= 4 is 21.6 Å². The van der Waals surface area contributed by atoms with Crippen molar-refractivity contribution in [3.05, 3.63) is 23.9 Å². The smallest absolute Gasteiger partial charge is 0.337 e. The molecule has 7 heteroatoms. The van der Waals surface area contributed by atoms with E-state index in [-0.39, 0.29) is 17.1 Å². The lowest BCUT2D eigenvalue weighted by Gasteiger charge is -2.24. The van der Waals surface area contributed by atoms with Crippen LogP contribution in [-0.4, -0.2) is 41.5 Å². The summed E-state index contributed by atoms with van der Waals surface area (Å²) in [7, 11) is -2.98.